The third kappa shape index (κ3) is 4.68. The first-order valence-electron chi connectivity index (χ1n) is 9.37. The Labute approximate surface area is 173 Å². The van der Waals surface area contributed by atoms with Gasteiger partial charge in [-0.25, -0.2) is 18.8 Å². The first-order valence-corrected chi connectivity index (χ1v) is 9.37. The summed E-state index contributed by atoms with van der Waals surface area (Å²) in [5.74, 6) is -1.27. The topological polar surface area (TPSA) is 90.4 Å². The van der Waals surface area contributed by atoms with Gasteiger partial charge in [0.1, 0.15) is 5.82 Å². The van der Waals surface area contributed by atoms with E-state index in [2.05, 4.69) is 4.74 Å². The molecule has 1 fully saturated rings. The summed E-state index contributed by atoms with van der Waals surface area (Å²) < 4.78 is 19.2. The number of hydrogen-bond donors (Lipinski definition) is 1. The number of hydrogen-bond acceptors (Lipinski definition) is 4. The van der Waals surface area contributed by atoms with E-state index in [9.17, 15) is 18.8 Å². The fourth-order valence-electron chi connectivity index (χ4n) is 3.23. The van der Waals surface area contributed by atoms with Crippen molar-refractivity contribution in [3.8, 4) is 0 Å². The maximum atomic E-state index is 14.6. The summed E-state index contributed by atoms with van der Waals surface area (Å²) in [5, 5.41) is 9.09. The van der Waals surface area contributed by atoms with Gasteiger partial charge in [0.05, 0.1) is 19.2 Å². The number of halogens is 1. The second kappa shape index (κ2) is 9.25. The molecule has 9 heteroatoms. The first-order chi connectivity index (χ1) is 14.4. The van der Waals surface area contributed by atoms with E-state index in [0.717, 1.165) is 6.07 Å². The van der Waals surface area contributed by atoms with Crippen LogP contribution in [0.1, 0.15) is 15.9 Å². The Morgan fingerprint density at radius 3 is 2.23 bits per heavy atom. The Balaban J connectivity index is 1.83. The van der Waals surface area contributed by atoms with E-state index in [1.165, 1.54) is 29.0 Å². The quantitative estimate of drug-likeness (QED) is 0.776. The van der Waals surface area contributed by atoms with Crippen LogP contribution in [0.5, 0.6) is 0 Å². The zero-order valence-corrected chi connectivity index (χ0v) is 16.5. The molecular formula is C21H22FN3O5. The summed E-state index contributed by atoms with van der Waals surface area (Å²) in [6.07, 6.45) is -1.02. The monoisotopic (exact) mass is 415 g/mol. The molecule has 0 radical (unpaired) electrons. The molecule has 1 aliphatic rings. The van der Waals surface area contributed by atoms with Crippen molar-refractivity contribution in [2.24, 2.45) is 0 Å². The first kappa shape index (κ1) is 21.1. The molecule has 3 amide bonds. The van der Waals surface area contributed by atoms with Crippen molar-refractivity contribution in [1.29, 1.82) is 0 Å². The van der Waals surface area contributed by atoms with Crippen LogP contribution in [0.3, 0.4) is 0 Å². The Kier molecular flexibility index (Phi) is 6.51. The molecule has 0 saturated carbocycles. The summed E-state index contributed by atoms with van der Waals surface area (Å²) in [6.45, 7) is 0.878. The van der Waals surface area contributed by atoms with Crippen molar-refractivity contribution in [2.45, 2.75) is 6.54 Å². The average Bonchev–Trinajstić information content (AvgIpc) is 2.78. The molecule has 0 bridgehead atoms. The lowest BCUT2D eigenvalue weighted by atomic mass is 10.1. The Bertz CT molecular complexity index is 929. The van der Waals surface area contributed by atoms with E-state index in [1.807, 2.05) is 6.07 Å². The van der Waals surface area contributed by atoms with Crippen LogP contribution >= 0.6 is 0 Å². The lowest BCUT2D eigenvalue weighted by molar-refractivity contribution is 0.0600. The highest BCUT2D eigenvalue weighted by molar-refractivity contribution is 5.92. The van der Waals surface area contributed by atoms with Gasteiger partial charge in [-0.2, -0.15) is 0 Å². The molecule has 0 aliphatic carbocycles. The maximum Gasteiger partial charge on any atom is 0.407 e. The molecule has 0 atom stereocenters. The fraction of sp³-hybridized carbons (Fsp3) is 0.286. The van der Waals surface area contributed by atoms with Crippen LogP contribution in [0, 0.1) is 5.82 Å². The highest BCUT2D eigenvalue weighted by Gasteiger charge is 2.28. The highest BCUT2D eigenvalue weighted by atomic mass is 19.1. The molecule has 3 rings (SSSR count). The lowest BCUT2D eigenvalue weighted by Crippen LogP contribution is -2.53. The van der Waals surface area contributed by atoms with Crippen LogP contribution in [0.2, 0.25) is 0 Å². The van der Waals surface area contributed by atoms with E-state index in [-0.39, 0.29) is 49.9 Å². The number of rotatable bonds is 4. The van der Waals surface area contributed by atoms with Crippen molar-refractivity contribution in [1.82, 2.24) is 9.80 Å². The molecular weight excluding hydrogens is 393 g/mol. The number of esters is 1. The summed E-state index contributed by atoms with van der Waals surface area (Å²) in [4.78, 5) is 40.1. The number of piperazine rings is 1. The summed E-state index contributed by atoms with van der Waals surface area (Å²) >= 11 is 0. The highest BCUT2D eigenvalue weighted by Crippen LogP contribution is 2.22. The van der Waals surface area contributed by atoms with Gasteiger partial charge in [-0.1, -0.05) is 24.3 Å². The van der Waals surface area contributed by atoms with Crippen molar-refractivity contribution in [3.05, 3.63) is 65.5 Å². The third-order valence-corrected chi connectivity index (χ3v) is 4.92. The Morgan fingerprint density at radius 1 is 1.03 bits per heavy atom. The smallest absolute Gasteiger partial charge is 0.407 e. The third-order valence-electron chi connectivity index (χ3n) is 4.92. The van der Waals surface area contributed by atoms with Gasteiger partial charge in [-0.15, -0.1) is 0 Å². The van der Waals surface area contributed by atoms with Gasteiger partial charge in [0, 0.05) is 37.4 Å². The molecule has 1 saturated heterocycles. The number of urea groups is 1. The molecule has 1 heterocycles. The number of nitrogens with zero attached hydrogens (tertiary/aromatic N) is 3. The minimum Gasteiger partial charge on any atom is -0.465 e. The zero-order valence-electron chi connectivity index (χ0n) is 16.5. The molecule has 1 N–H and O–H groups in total. The number of anilines is 1. The molecule has 2 aromatic carbocycles. The molecule has 158 valence electrons. The van der Waals surface area contributed by atoms with Gasteiger partial charge in [0.2, 0.25) is 0 Å². The average molecular weight is 415 g/mol. The molecule has 30 heavy (non-hydrogen) atoms. The van der Waals surface area contributed by atoms with E-state index in [0.29, 0.717) is 5.69 Å². The Morgan fingerprint density at radius 2 is 1.67 bits per heavy atom. The van der Waals surface area contributed by atoms with Crippen molar-refractivity contribution < 1.29 is 28.6 Å². The molecule has 0 unspecified atom stereocenters. The van der Waals surface area contributed by atoms with Gasteiger partial charge in [-0.05, 0) is 24.3 Å². The van der Waals surface area contributed by atoms with Crippen LogP contribution < -0.4 is 4.90 Å². The number of carbonyl (C=O) groups excluding carboxylic acids is 2. The van der Waals surface area contributed by atoms with Crippen molar-refractivity contribution in [3.63, 3.8) is 0 Å². The van der Waals surface area contributed by atoms with Gasteiger partial charge >= 0.3 is 18.1 Å². The predicted molar refractivity (Wildman–Crippen MR) is 107 cm³/mol. The number of carbonyl (C=O) groups is 3. The van der Waals surface area contributed by atoms with Crippen LogP contribution in [-0.4, -0.2) is 66.3 Å². The summed E-state index contributed by atoms with van der Waals surface area (Å²) in [7, 11) is 1.22. The van der Waals surface area contributed by atoms with Crippen LogP contribution in [0.25, 0.3) is 0 Å². The second-order valence-electron chi connectivity index (χ2n) is 6.76. The number of carboxylic acid groups (broad SMARTS) is 1. The van der Waals surface area contributed by atoms with Crippen molar-refractivity contribution >= 4 is 23.8 Å². The number of methoxy groups -OCH3 is 1. The van der Waals surface area contributed by atoms with E-state index in [4.69, 9.17) is 5.11 Å². The number of amides is 3. The normalized spacial score (nSPS) is 13.7. The van der Waals surface area contributed by atoms with Gasteiger partial charge in [-0.3, -0.25) is 4.90 Å². The summed E-state index contributed by atoms with van der Waals surface area (Å²) in [6, 6.07) is 12.5. The molecule has 0 spiro atoms. The van der Waals surface area contributed by atoms with Gasteiger partial charge in [0.15, 0.2) is 0 Å². The summed E-state index contributed by atoms with van der Waals surface area (Å²) in [5.41, 5.74) is 0.907. The van der Waals surface area contributed by atoms with Crippen LogP contribution in [0.15, 0.2) is 48.5 Å². The van der Waals surface area contributed by atoms with E-state index in [1.54, 1.807) is 29.2 Å². The number of para-hydroxylation sites is 1. The van der Waals surface area contributed by atoms with Crippen LogP contribution in [-0.2, 0) is 11.3 Å². The number of ether oxygens (including phenoxy) is 1. The number of benzene rings is 2. The van der Waals surface area contributed by atoms with Crippen molar-refractivity contribution in [2.75, 3.05) is 38.2 Å². The largest absolute Gasteiger partial charge is 0.465 e. The standard InChI is InChI=1S/C21H22FN3O5/c1-30-19(26)15-7-8-16(18(22)13-15)14-25(17-5-3-2-4-6-17)20(27)23-9-11-24(12-10-23)21(28)29/h2-8,13H,9-12,14H2,1H3,(H,28,29). The zero-order chi connectivity index (χ0) is 21.7. The van der Waals surface area contributed by atoms with E-state index < -0.39 is 17.9 Å². The van der Waals surface area contributed by atoms with Gasteiger partial charge in [0.25, 0.3) is 0 Å². The molecule has 2 aromatic rings. The minimum atomic E-state index is -1.02. The van der Waals surface area contributed by atoms with Gasteiger partial charge < -0.3 is 19.6 Å². The second-order valence-corrected chi connectivity index (χ2v) is 6.76. The molecule has 0 aromatic heterocycles. The van der Waals surface area contributed by atoms with Crippen LogP contribution in [0.4, 0.5) is 19.7 Å². The van der Waals surface area contributed by atoms with E-state index >= 15 is 0 Å². The maximum absolute atomic E-state index is 14.6. The molecule has 1 aliphatic heterocycles. The fourth-order valence-corrected chi connectivity index (χ4v) is 3.23. The Hall–Kier alpha value is -3.62. The molecule has 8 nitrogen and oxygen atoms in total. The minimum absolute atomic E-state index is 0.0464. The lowest BCUT2D eigenvalue weighted by Gasteiger charge is -2.36. The predicted octanol–water partition coefficient (Wildman–Crippen LogP) is 3.03. The SMILES string of the molecule is COC(=O)c1ccc(CN(C(=O)N2CCN(C(=O)O)CC2)c2ccccc2)c(F)c1.